The first-order valence-corrected chi connectivity index (χ1v) is 4.78. The lowest BCUT2D eigenvalue weighted by Crippen LogP contribution is -2.39. The Hall–Kier alpha value is -0.610. The molecular weight excluding hydrogens is 168 g/mol. The van der Waals surface area contributed by atoms with E-state index in [0.29, 0.717) is 19.9 Å². The number of carbonyl (C=O) groups excluding carboxylic acids is 1. The van der Waals surface area contributed by atoms with Crippen LogP contribution in [0, 0.1) is 0 Å². The molecule has 2 unspecified atom stereocenters. The molecule has 13 heavy (non-hydrogen) atoms. The highest BCUT2D eigenvalue weighted by atomic mass is 16.5. The van der Waals surface area contributed by atoms with Crippen LogP contribution in [0.3, 0.4) is 0 Å². The molecule has 2 atom stereocenters. The number of hydrogen-bond acceptors (Lipinski definition) is 3. The number of hydrogen-bond donors (Lipinski definition) is 1. The fourth-order valence-electron chi connectivity index (χ4n) is 1.40. The molecule has 76 valence electrons. The van der Waals surface area contributed by atoms with Crippen molar-refractivity contribution in [3.8, 4) is 0 Å². The molecule has 1 N–H and O–H groups in total. The minimum Gasteiger partial charge on any atom is -0.380 e. The van der Waals surface area contributed by atoms with Crippen molar-refractivity contribution in [2.75, 3.05) is 19.9 Å². The monoisotopic (exact) mass is 186 g/mol. The van der Waals surface area contributed by atoms with Gasteiger partial charge in [0.2, 0.25) is 5.91 Å². The van der Waals surface area contributed by atoms with Crippen LogP contribution < -0.4 is 5.32 Å². The Morgan fingerprint density at radius 2 is 2.46 bits per heavy atom. The van der Waals surface area contributed by atoms with Gasteiger partial charge in [-0.15, -0.1) is 0 Å². The van der Waals surface area contributed by atoms with Crippen LogP contribution in [-0.4, -0.2) is 42.8 Å². The van der Waals surface area contributed by atoms with E-state index in [0.717, 1.165) is 0 Å². The third kappa shape index (κ3) is 2.42. The number of nitrogens with zero attached hydrogens (tertiary/aromatic N) is 1. The van der Waals surface area contributed by atoms with Gasteiger partial charge in [0.1, 0.15) is 0 Å². The van der Waals surface area contributed by atoms with Gasteiger partial charge in [0.15, 0.2) is 0 Å². The van der Waals surface area contributed by atoms with Crippen molar-refractivity contribution in [1.29, 1.82) is 0 Å². The predicted molar refractivity (Wildman–Crippen MR) is 50.3 cm³/mol. The van der Waals surface area contributed by atoms with Crippen molar-refractivity contribution in [2.45, 2.75) is 32.9 Å². The van der Waals surface area contributed by atoms with Crippen LogP contribution >= 0.6 is 0 Å². The summed E-state index contributed by atoms with van der Waals surface area (Å²) in [5.74, 6) is 0.173. The zero-order chi connectivity index (χ0) is 9.84. The van der Waals surface area contributed by atoms with Gasteiger partial charge in [0.05, 0.1) is 25.4 Å². The van der Waals surface area contributed by atoms with Crippen LogP contribution in [0.5, 0.6) is 0 Å². The van der Waals surface area contributed by atoms with Crippen molar-refractivity contribution >= 4 is 5.91 Å². The Balaban J connectivity index is 2.39. The zero-order valence-corrected chi connectivity index (χ0v) is 8.54. The normalized spacial score (nSPS) is 25.3. The molecule has 0 saturated carbocycles. The summed E-state index contributed by atoms with van der Waals surface area (Å²) >= 11 is 0. The second kappa shape index (κ2) is 4.58. The van der Waals surface area contributed by atoms with E-state index in [4.69, 9.17) is 4.74 Å². The summed E-state index contributed by atoms with van der Waals surface area (Å²) < 4.78 is 5.27. The van der Waals surface area contributed by atoms with Crippen LogP contribution in [0.2, 0.25) is 0 Å². The van der Waals surface area contributed by atoms with Crippen LogP contribution in [0.1, 0.15) is 20.8 Å². The van der Waals surface area contributed by atoms with E-state index in [2.05, 4.69) is 5.32 Å². The van der Waals surface area contributed by atoms with Crippen molar-refractivity contribution in [1.82, 2.24) is 10.2 Å². The van der Waals surface area contributed by atoms with Gasteiger partial charge in [-0.3, -0.25) is 10.1 Å². The summed E-state index contributed by atoms with van der Waals surface area (Å²) in [4.78, 5) is 13.3. The number of amides is 1. The SMILES string of the molecule is CCOCC(C)N1CNC(C)C1=O. The van der Waals surface area contributed by atoms with E-state index in [1.54, 1.807) is 0 Å². The number of rotatable bonds is 4. The van der Waals surface area contributed by atoms with E-state index in [-0.39, 0.29) is 18.0 Å². The van der Waals surface area contributed by atoms with Crippen LogP contribution in [0.25, 0.3) is 0 Å². The fourth-order valence-corrected chi connectivity index (χ4v) is 1.40. The average molecular weight is 186 g/mol. The topological polar surface area (TPSA) is 41.6 Å². The quantitative estimate of drug-likeness (QED) is 0.681. The molecule has 0 aromatic carbocycles. The molecule has 1 fully saturated rings. The minimum atomic E-state index is -0.0379. The first-order chi connectivity index (χ1) is 6.16. The van der Waals surface area contributed by atoms with Gasteiger partial charge in [0, 0.05) is 6.61 Å². The summed E-state index contributed by atoms with van der Waals surface area (Å²) in [5, 5.41) is 3.10. The Kier molecular flexibility index (Phi) is 3.69. The largest absolute Gasteiger partial charge is 0.380 e. The molecule has 4 heteroatoms. The lowest BCUT2D eigenvalue weighted by Gasteiger charge is -2.23. The summed E-state index contributed by atoms with van der Waals surface area (Å²) in [6.07, 6.45) is 0. The molecule has 0 aromatic heterocycles. The third-order valence-electron chi connectivity index (χ3n) is 2.32. The van der Waals surface area contributed by atoms with E-state index >= 15 is 0 Å². The van der Waals surface area contributed by atoms with E-state index in [1.165, 1.54) is 0 Å². The first-order valence-electron chi connectivity index (χ1n) is 4.78. The molecule has 0 aliphatic carbocycles. The van der Waals surface area contributed by atoms with E-state index in [1.807, 2.05) is 25.7 Å². The van der Waals surface area contributed by atoms with Crippen molar-refractivity contribution in [3.05, 3.63) is 0 Å². The zero-order valence-electron chi connectivity index (χ0n) is 8.54. The molecule has 1 aliphatic rings. The van der Waals surface area contributed by atoms with Gasteiger partial charge in [-0.1, -0.05) is 0 Å². The van der Waals surface area contributed by atoms with Crippen molar-refractivity contribution < 1.29 is 9.53 Å². The van der Waals surface area contributed by atoms with E-state index < -0.39 is 0 Å². The highest BCUT2D eigenvalue weighted by Gasteiger charge is 2.30. The lowest BCUT2D eigenvalue weighted by molar-refractivity contribution is -0.131. The highest BCUT2D eigenvalue weighted by molar-refractivity contribution is 5.83. The van der Waals surface area contributed by atoms with Crippen LogP contribution in [0.15, 0.2) is 0 Å². The minimum absolute atomic E-state index is 0.0379. The van der Waals surface area contributed by atoms with Gasteiger partial charge >= 0.3 is 0 Å². The van der Waals surface area contributed by atoms with Crippen molar-refractivity contribution in [2.24, 2.45) is 0 Å². The molecule has 1 rings (SSSR count). The molecule has 0 bridgehead atoms. The Labute approximate surface area is 79.2 Å². The van der Waals surface area contributed by atoms with Gasteiger partial charge < -0.3 is 9.64 Å². The maximum Gasteiger partial charge on any atom is 0.240 e. The molecular formula is C9H18N2O2. The smallest absolute Gasteiger partial charge is 0.240 e. The molecule has 1 saturated heterocycles. The maximum absolute atomic E-state index is 11.5. The summed E-state index contributed by atoms with van der Waals surface area (Å²) in [5.41, 5.74) is 0. The molecule has 4 nitrogen and oxygen atoms in total. The van der Waals surface area contributed by atoms with Crippen LogP contribution in [0.4, 0.5) is 0 Å². The molecule has 0 spiro atoms. The molecule has 0 aromatic rings. The lowest BCUT2D eigenvalue weighted by atomic mass is 10.3. The number of carbonyl (C=O) groups is 1. The summed E-state index contributed by atoms with van der Waals surface area (Å²) in [6, 6.07) is 0.133. The molecule has 1 heterocycles. The highest BCUT2D eigenvalue weighted by Crippen LogP contribution is 2.07. The Bertz CT molecular complexity index is 184. The Morgan fingerprint density at radius 3 is 2.92 bits per heavy atom. The van der Waals surface area contributed by atoms with Gasteiger partial charge in [-0.2, -0.15) is 0 Å². The van der Waals surface area contributed by atoms with Gasteiger partial charge in [-0.05, 0) is 20.8 Å². The standard InChI is InChI=1S/C9H18N2O2/c1-4-13-5-7(2)11-6-10-8(3)9(11)12/h7-8,10H,4-6H2,1-3H3. The maximum atomic E-state index is 11.5. The molecule has 1 aliphatic heterocycles. The summed E-state index contributed by atoms with van der Waals surface area (Å²) in [6.45, 7) is 7.82. The fraction of sp³-hybridized carbons (Fsp3) is 0.889. The van der Waals surface area contributed by atoms with Gasteiger partial charge in [-0.25, -0.2) is 0 Å². The second-order valence-corrected chi connectivity index (χ2v) is 3.40. The molecule has 0 radical (unpaired) electrons. The number of ether oxygens (including phenoxy) is 1. The number of nitrogens with one attached hydrogen (secondary N) is 1. The molecule has 1 amide bonds. The van der Waals surface area contributed by atoms with Gasteiger partial charge in [0.25, 0.3) is 0 Å². The second-order valence-electron chi connectivity index (χ2n) is 3.40. The van der Waals surface area contributed by atoms with Crippen molar-refractivity contribution in [3.63, 3.8) is 0 Å². The predicted octanol–water partition coefficient (Wildman–Crippen LogP) is 0.189. The average Bonchev–Trinajstić information content (AvgIpc) is 2.44. The van der Waals surface area contributed by atoms with Crippen LogP contribution in [-0.2, 0) is 9.53 Å². The summed E-state index contributed by atoms with van der Waals surface area (Å²) in [7, 11) is 0. The van der Waals surface area contributed by atoms with E-state index in [9.17, 15) is 4.79 Å². The Morgan fingerprint density at radius 1 is 1.77 bits per heavy atom. The first kappa shape index (κ1) is 10.5. The third-order valence-corrected chi connectivity index (χ3v) is 2.32.